The summed E-state index contributed by atoms with van der Waals surface area (Å²) in [5.41, 5.74) is 1.42. The highest BCUT2D eigenvalue weighted by atomic mass is 79.9. The molecule has 0 bridgehead atoms. The Morgan fingerprint density at radius 1 is 1.20 bits per heavy atom. The van der Waals surface area contributed by atoms with Gasteiger partial charge < -0.3 is 9.64 Å². The molecule has 2 atom stereocenters. The Labute approximate surface area is 191 Å². The van der Waals surface area contributed by atoms with E-state index in [4.69, 9.17) is 4.74 Å². The first-order chi connectivity index (χ1) is 14.4. The number of benzene rings is 1. The molecule has 0 spiro atoms. The van der Waals surface area contributed by atoms with Gasteiger partial charge in [-0.15, -0.1) is 11.3 Å². The van der Waals surface area contributed by atoms with Crippen LogP contribution in [0.2, 0.25) is 0 Å². The summed E-state index contributed by atoms with van der Waals surface area (Å²) in [6.45, 7) is 1.27. The maximum Gasteiger partial charge on any atom is 0.209 e. The molecule has 2 fully saturated rings. The van der Waals surface area contributed by atoms with Crippen molar-refractivity contribution in [2.45, 2.75) is 56.2 Å². The lowest BCUT2D eigenvalue weighted by molar-refractivity contribution is 0.0157. The third-order valence-corrected chi connectivity index (χ3v) is 8.39. The second kappa shape index (κ2) is 9.65. The van der Waals surface area contributed by atoms with Gasteiger partial charge in [0.2, 0.25) is 10.0 Å². The van der Waals surface area contributed by atoms with Crippen molar-refractivity contribution in [2.24, 2.45) is 0 Å². The fourth-order valence-corrected chi connectivity index (χ4v) is 6.77. The average Bonchev–Trinajstić information content (AvgIpc) is 3.32. The summed E-state index contributed by atoms with van der Waals surface area (Å²) >= 11 is 4.98. The maximum absolute atomic E-state index is 11.9. The normalized spacial score (nSPS) is 27.5. The number of ether oxygens (including phenoxy) is 1. The van der Waals surface area contributed by atoms with Crippen LogP contribution in [0, 0.1) is 0 Å². The van der Waals surface area contributed by atoms with Crippen molar-refractivity contribution in [2.75, 3.05) is 24.3 Å². The average molecular weight is 515 g/mol. The zero-order chi connectivity index (χ0) is 21.1. The van der Waals surface area contributed by atoms with Gasteiger partial charge in [0, 0.05) is 18.0 Å². The molecule has 1 saturated heterocycles. The summed E-state index contributed by atoms with van der Waals surface area (Å²) < 4.78 is 33.7. The summed E-state index contributed by atoms with van der Waals surface area (Å²) in [4.78, 5) is 6.73. The number of halogens is 1. The summed E-state index contributed by atoms with van der Waals surface area (Å²) in [6.07, 6.45) is 6.55. The largest absolute Gasteiger partial charge is 0.376 e. The highest BCUT2D eigenvalue weighted by molar-refractivity contribution is 9.10. The van der Waals surface area contributed by atoms with Gasteiger partial charge >= 0.3 is 0 Å². The van der Waals surface area contributed by atoms with Crippen LogP contribution in [-0.2, 0) is 14.8 Å². The first-order valence-corrected chi connectivity index (χ1v) is 14.0. The van der Waals surface area contributed by atoms with Crippen molar-refractivity contribution in [1.29, 1.82) is 0 Å². The third-order valence-electron chi connectivity index (χ3n) is 6.07. The Kier molecular flexibility index (Phi) is 7.14. The highest BCUT2D eigenvalue weighted by Gasteiger charge is 2.38. The summed E-state index contributed by atoms with van der Waals surface area (Å²) in [7, 11) is -3.28. The van der Waals surface area contributed by atoms with Crippen LogP contribution in [0.5, 0.6) is 0 Å². The minimum absolute atomic E-state index is 0.0513. The van der Waals surface area contributed by atoms with Crippen molar-refractivity contribution < 1.29 is 13.2 Å². The van der Waals surface area contributed by atoms with Gasteiger partial charge in [-0.2, -0.15) is 0 Å². The molecule has 1 aliphatic heterocycles. The number of nitrogens with one attached hydrogen (secondary N) is 1. The number of rotatable bonds is 7. The second-order valence-electron chi connectivity index (χ2n) is 8.22. The highest BCUT2D eigenvalue weighted by Crippen LogP contribution is 2.35. The number of hydrogen-bond donors (Lipinski definition) is 1. The number of sulfonamides is 1. The summed E-state index contributed by atoms with van der Waals surface area (Å²) in [5, 5.41) is 2.86. The first-order valence-electron chi connectivity index (χ1n) is 10.4. The molecule has 2 aliphatic rings. The van der Waals surface area contributed by atoms with Crippen molar-refractivity contribution in [3.63, 3.8) is 0 Å². The Morgan fingerprint density at radius 3 is 2.57 bits per heavy atom. The van der Waals surface area contributed by atoms with Crippen molar-refractivity contribution in [3.05, 3.63) is 45.9 Å². The topological polar surface area (TPSA) is 71.5 Å². The molecule has 1 saturated carbocycles. The number of hydrogen-bond acceptors (Lipinski definition) is 6. The molecule has 6 nitrogen and oxygen atoms in total. The van der Waals surface area contributed by atoms with Gasteiger partial charge in [0.1, 0.15) is 4.60 Å². The van der Waals surface area contributed by atoms with Crippen LogP contribution in [0.25, 0.3) is 0 Å². The van der Waals surface area contributed by atoms with Gasteiger partial charge in [0.25, 0.3) is 0 Å². The molecule has 0 unspecified atom stereocenters. The molecule has 1 aromatic heterocycles. The lowest BCUT2D eigenvalue weighted by Crippen LogP contribution is -2.48. The van der Waals surface area contributed by atoms with E-state index in [2.05, 4.69) is 60.9 Å². The van der Waals surface area contributed by atoms with Gasteiger partial charge in [0.05, 0.1) is 25.0 Å². The van der Waals surface area contributed by atoms with Crippen LogP contribution in [-0.4, -0.2) is 51.0 Å². The van der Waals surface area contributed by atoms with Gasteiger partial charge in [-0.25, -0.2) is 18.1 Å². The van der Waals surface area contributed by atoms with Crippen LogP contribution in [0.3, 0.4) is 0 Å². The molecule has 164 valence electrons. The molecular weight excluding hydrogens is 486 g/mol. The van der Waals surface area contributed by atoms with Gasteiger partial charge in [0.15, 0.2) is 5.13 Å². The van der Waals surface area contributed by atoms with E-state index in [1.54, 1.807) is 11.3 Å². The Balaban J connectivity index is 1.37. The van der Waals surface area contributed by atoms with E-state index >= 15 is 0 Å². The molecule has 30 heavy (non-hydrogen) atoms. The Bertz CT molecular complexity index is 930. The molecule has 2 aromatic rings. The fourth-order valence-electron chi connectivity index (χ4n) is 4.61. The van der Waals surface area contributed by atoms with E-state index in [1.807, 2.05) is 5.38 Å². The molecule has 2 heterocycles. The number of nitrogens with zero attached hydrogens (tertiary/aromatic N) is 2. The maximum atomic E-state index is 11.9. The Hall–Kier alpha value is -1.00. The smallest absolute Gasteiger partial charge is 0.209 e. The quantitative estimate of drug-likeness (QED) is 0.602. The minimum atomic E-state index is -3.28. The zero-order valence-electron chi connectivity index (χ0n) is 17.0. The van der Waals surface area contributed by atoms with Crippen LogP contribution in [0.15, 0.2) is 40.3 Å². The van der Waals surface area contributed by atoms with Crippen LogP contribution in [0.4, 0.5) is 5.13 Å². The lowest BCUT2D eigenvalue weighted by atomic mass is 9.83. The van der Waals surface area contributed by atoms with E-state index in [-0.39, 0.29) is 18.2 Å². The Morgan fingerprint density at radius 2 is 1.93 bits per heavy atom. The molecule has 1 N–H and O–H groups in total. The van der Waals surface area contributed by atoms with Gasteiger partial charge in [-0.05, 0) is 59.5 Å². The summed E-state index contributed by atoms with van der Waals surface area (Å²) in [5.74, 6) is 0.612. The van der Waals surface area contributed by atoms with E-state index < -0.39 is 10.0 Å². The van der Waals surface area contributed by atoms with E-state index in [1.165, 1.54) is 11.8 Å². The molecule has 0 radical (unpaired) electrons. The van der Waals surface area contributed by atoms with Crippen molar-refractivity contribution >= 4 is 42.4 Å². The van der Waals surface area contributed by atoms with Crippen LogP contribution < -0.4 is 9.62 Å². The van der Waals surface area contributed by atoms with Crippen molar-refractivity contribution in [3.8, 4) is 0 Å². The molecular formula is C21H28BrN3O3S2. The molecule has 0 amide bonds. The SMILES string of the molecule is CS(=O)(=O)N[C@H]1CCN(c2nc(Br)cs2)[C@H]1CO[C@H]1CC[C@@H](c2ccccc2)CC1. The molecule has 1 aromatic carbocycles. The van der Waals surface area contributed by atoms with Gasteiger partial charge in [-0.1, -0.05) is 30.3 Å². The number of anilines is 1. The number of thiazole rings is 1. The van der Waals surface area contributed by atoms with E-state index in [9.17, 15) is 8.42 Å². The fraction of sp³-hybridized carbons (Fsp3) is 0.571. The van der Waals surface area contributed by atoms with Crippen molar-refractivity contribution in [1.82, 2.24) is 9.71 Å². The minimum Gasteiger partial charge on any atom is -0.376 e. The molecule has 4 rings (SSSR count). The standard InChI is InChI=1S/C21H28BrN3O3S2/c1-30(26,27)24-18-11-12-25(21-23-20(22)14-29-21)19(18)13-28-17-9-7-16(8-10-17)15-5-3-2-4-6-15/h2-6,14,16-19,24H,7-13H2,1H3/t16-,17+,18-,19-/m0/s1. The number of aromatic nitrogens is 1. The summed E-state index contributed by atoms with van der Waals surface area (Å²) in [6, 6.07) is 10.5. The molecule has 1 aliphatic carbocycles. The van der Waals surface area contributed by atoms with Gasteiger partial charge in [-0.3, -0.25) is 0 Å². The van der Waals surface area contributed by atoms with Crippen LogP contribution in [0.1, 0.15) is 43.6 Å². The van der Waals surface area contributed by atoms with E-state index in [0.717, 1.165) is 48.4 Å². The lowest BCUT2D eigenvalue weighted by Gasteiger charge is -2.32. The third kappa shape index (κ3) is 5.62. The first kappa shape index (κ1) is 22.2. The predicted octanol–water partition coefficient (Wildman–Crippen LogP) is 4.15. The zero-order valence-corrected chi connectivity index (χ0v) is 20.3. The van der Waals surface area contributed by atoms with Crippen LogP contribution >= 0.6 is 27.3 Å². The second-order valence-corrected chi connectivity index (χ2v) is 11.6. The van der Waals surface area contributed by atoms with E-state index in [0.29, 0.717) is 12.5 Å². The predicted molar refractivity (Wildman–Crippen MR) is 125 cm³/mol. The molecule has 9 heteroatoms. The monoisotopic (exact) mass is 513 g/mol.